The summed E-state index contributed by atoms with van der Waals surface area (Å²) in [5, 5.41) is 0. The highest BCUT2D eigenvalue weighted by Crippen LogP contribution is 2.38. The fraction of sp³-hybridized carbons (Fsp3) is 0.949. The first kappa shape index (κ1) is 87.8. The Bertz CT molecular complexity index is 1500. The van der Waals surface area contributed by atoms with E-state index in [1.54, 1.807) is 0 Å². The molecule has 2 atom stereocenters. The lowest BCUT2D eigenvalue weighted by molar-refractivity contribution is -0.870. The minimum Gasteiger partial charge on any atom is -0.756 e. The highest BCUT2D eigenvalue weighted by molar-refractivity contribution is 7.45. The van der Waals surface area contributed by atoms with Gasteiger partial charge >= 0.3 is 11.9 Å². The molecule has 0 saturated heterocycles. The number of hydrogen-bond donors (Lipinski definition) is 0. The minimum absolute atomic E-state index is 0.0253. The van der Waals surface area contributed by atoms with Gasteiger partial charge in [0.1, 0.15) is 19.8 Å². The van der Waals surface area contributed by atoms with Crippen molar-refractivity contribution < 1.29 is 42.1 Å². The van der Waals surface area contributed by atoms with Gasteiger partial charge < -0.3 is 27.9 Å². The van der Waals surface area contributed by atoms with Crippen molar-refractivity contribution in [1.29, 1.82) is 0 Å². The van der Waals surface area contributed by atoms with E-state index in [0.717, 1.165) is 32.1 Å². The topological polar surface area (TPSA) is 111 Å². The number of allylic oxidation sites excluding steroid dienone is 2. The first-order chi connectivity index (χ1) is 43.5. The second-order valence-corrected chi connectivity index (χ2v) is 30.2. The predicted molar refractivity (Wildman–Crippen MR) is 384 cm³/mol. The molecule has 0 aromatic heterocycles. The van der Waals surface area contributed by atoms with Gasteiger partial charge in [0.25, 0.3) is 7.82 Å². The van der Waals surface area contributed by atoms with Crippen LogP contribution in [-0.4, -0.2) is 70.0 Å². The number of phosphoric acid groups is 1. The molecule has 0 radical (unpaired) electrons. The zero-order valence-corrected chi connectivity index (χ0v) is 61.6. The van der Waals surface area contributed by atoms with Gasteiger partial charge in [-0.1, -0.05) is 392 Å². The summed E-state index contributed by atoms with van der Waals surface area (Å²) >= 11 is 0. The van der Waals surface area contributed by atoms with Crippen molar-refractivity contribution in [3.63, 3.8) is 0 Å². The summed E-state index contributed by atoms with van der Waals surface area (Å²) in [5.41, 5.74) is 0. The van der Waals surface area contributed by atoms with Gasteiger partial charge in [-0.15, -0.1) is 0 Å². The Morgan fingerprint density at radius 1 is 0.337 bits per heavy atom. The number of quaternary nitrogens is 1. The monoisotopic (exact) mass is 1280 g/mol. The fourth-order valence-electron chi connectivity index (χ4n) is 12.4. The van der Waals surface area contributed by atoms with Gasteiger partial charge in [0.2, 0.25) is 0 Å². The van der Waals surface area contributed by atoms with E-state index < -0.39 is 26.5 Å². The summed E-state index contributed by atoms with van der Waals surface area (Å²) in [6, 6.07) is 0. The second kappa shape index (κ2) is 71.1. The number of ether oxygens (including phenoxy) is 2. The normalized spacial score (nSPS) is 13.0. The van der Waals surface area contributed by atoms with Crippen molar-refractivity contribution in [3.8, 4) is 0 Å². The smallest absolute Gasteiger partial charge is 0.306 e. The molecule has 0 rings (SSSR count). The van der Waals surface area contributed by atoms with Gasteiger partial charge in [-0.25, -0.2) is 0 Å². The van der Waals surface area contributed by atoms with Gasteiger partial charge in [-0.3, -0.25) is 14.2 Å². The Kier molecular flexibility index (Phi) is 70.1. The molecule has 0 aromatic rings. The number of unbranched alkanes of at least 4 members (excludes halogenated alkanes) is 60. The summed E-state index contributed by atoms with van der Waals surface area (Å²) in [4.78, 5) is 38.1. The molecule has 0 N–H and O–H groups in total. The molecular formula is C79H156NO8P. The Labute approximate surface area is 556 Å². The van der Waals surface area contributed by atoms with Crippen LogP contribution in [0.5, 0.6) is 0 Å². The van der Waals surface area contributed by atoms with Crippen molar-refractivity contribution in [2.24, 2.45) is 0 Å². The maximum atomic E-state index is 12.9. The third kappa shape index (κ3) is 75.7. The van der Waals surface area contributed by atoms with E-state index in [9.17, 15) is 19.0 Å². The van der Waals surface area contributed by atoms with Crippen LogP contribution in [0.3, 0.4) is 0 Å². The van der Waals surface area contributed by atoms with E-state index in [4.69, 9.17) is 18.5 Å². The number of likely N-dealkylation sites (N-methyl/N-ethyl adjacent to an activating group) is 1. The van der Waals surface area contributed by atoms with E-state index in [-0.39, 0.29) is 32.0 Å². The van der Waals surface area contributed by atoms with Crippen molar-refractivity contribution in [2.75, 3.05) is 47.5 Å². The van der Waals surface area contributed by atoms with E-state index in [1.165, 1.54) is 366 Å². The molecule has 530 valence electrons. The first-order valence-corrected chi connectivity index (χ1v) is 41.4. The van der Waals surface area contributed by atoms with Crippen LogP contribution < -0.4 is 4.89 Å². The van der Waals surface area contributed by atoms with E-state index in [0.29, 0.717) is 17.4 Å². The Morgan fingerprint density at radius 2 is 0.573 bits per heavy atom. The average Bonchev–Trinajstić information content (AvgIpc) is 3.60. The van der Waals surface area contributed by atoms with Crippen molar-refractivity contribution in [2.45, 2.75) is 437 Å². The first-order valence-electron chi connectivity index (χ1n) is 39.9. The number of phosphoric ester groups is 1. The molecule has 0 aromatic carbocycles. The Hall–Kier alpha value is -1.25. The molecule has 0 aliphatic carbocycles. The number of carbonyl (C=O) groups excluding carboxylic acids is 2. The Morgan fingerprint density at radius 3 is 0.831 bits per heavy atom. The zero-order chi connectivity index (χ0) is 64.8. The van der Waals surface area contributed by atoms with Crippen LogP contribution in [0.4, 0.5) is 0 Å². The molecule has 0 bridgehead atoms. The standard InChI is InChI=1S/C79H156NO8P/c1-6-8-10-12-14-16-18-20-22-24-26-28-30-32-34-35-36-37-38-39-40-41-42-43-44-45-46-48-50-52-54-56-58-60-62-64-66-68-70-72-79(82)88-77(76-87-89(83,84)86-74-73-80(3,4)5)75-85-78(81)71-69-67-65-63-61-59-57-55-53-51-49-47-33-31-29-27-25-23-21-19-17-15-13-11-9-7-2/h24,26,77H,6-23,25,27-76H2,1-5H3/b26-24-. The molecule has 10 heteroatoms. The number of esters is 2. The van der Waals surface area contributed by atoms with Crippen molar-refractivity contribution in [3.05, 3.63) is 12.2 Å². The maximum Gasteiger partial charge on any atom is 0.306 e. The van der Waals surface area contributed by atoms with Gasteiger partial charge in [-0.2, -0.15) is 0 Å². The third-order valence-electron chi connectivity index (χ3n) is 18.5. The SMILES string of the molecule is CCCCCCCCCC/C=C\CCCCCCCCCCCCCCCCCCCCCCCCCCCCCC(=O)OC(COC(=O)CCCCCCCCCCCCCCCCCCCCCCCCCCCC)COP(=O)([O-])OCC[N+](C)(C)C. The summed E-state index contributed by atoms with van der Waals surface area (Å²) in [6.45, 7) is 4.34. The average molecular weight is 1280 g/mol. The lowest BCUT2D eigenvalue weighted by atomic mass is 10.0. The molecule has 0 heterocycles. The molecule has 0 amide bonds. The molecule has 0 fully saturated rings. The van der Waals surface area contributed by atoms with Gasteiger partial charge in [0.15, 0.2) is 6.10 Å². The molecule has 0 aliphatic rings. The Balaban J connectivity index is 3.87. The van der Waals surface area contributed by atoms with Crippen LogP contribution in [0.25, 0.3) is 0 Å². The molecule has 0 spiro atoms. The number of hydrogen-bond acceptors (Lipinski definition) is 8. The summed E-state index contributed by atoms with van der Waals surface area (Å²) in [6.07, 6.45) is 89.2. The van der Waals surface area contributed by atoms with Gasteiger partial charge in [-0.05, 0) is 38.5 Å². The summed E-state index contributed by atoms with van der Waals surface area (Å²) in [7, 11) is 1.20. The van der Waals surface area contributed by atoms with Crippen LogP contribution in [0.15, 0.2) is 12.2 Å². The maximum absolute atomic E-state index is 12.9. The number of carbonyl (C=O) groups is 2. The van der Waals surface area contributed by atoms with E-state index in [2.05, 4.69) is 26.0 Å². The van der Waals surface area contributed by atoms with Crippen LogP contribution >= 0.6 is 7.82 Å². The molecule has 2 unspecified atom stereocenters. The van der Waals surface area contributed by atoms with Gasteiger partial charge in [0.05, 0.1) is 27.7 Å². The second-order valence-electron chi connectivity index (χ2n) is 28.8. The molecule has 89 heavy (non-hydrogen) atoms. The van der Waals surface area contributed by atoms with E-state index in [1.807, 2.05) is 21.1 Å². The van der Waals surface area contributed by atoms with Crippen LogP contribution in [0.1, 0.15) is 431 Å². The van der Waals surface area contributed by atoms with E-state index >= 15 is 0 Å². The lowest BCUT2D eigenvalue weighted by Crippen LogP contribution is -2.37. The predicted octanol–water partition coefficient (Wildman–Crippen LogP) is 25.6. The van der Waals surface area contributed by atoms with Crippen LogP contribution in [-0.2, 0) is 32.7 Å². The number of rotatable bonds is 76. The molecule has 0 aliphatic heterocycles. The highest BCUT2D eigenvalue weighted by atomic mass is 31.2. The lowest BCUT2D eigenvalue weighted by Gasteiger charge is -2.28. The molecule has 9 nitrogen and oxygen atoms in total. The van der Waals surface area contributed by atoms with Crippen molar-refractivity contribution in [1.82, 2.24) is 0 Å². The molecule has 0 saturated carbocycles. The third-order valence-corrected chi connectivity index (χ3v) is 19.5. The fourth-order valence-corrected chi connectivity index (χ4v) is 13.2. The summed E-state index contributed by atoms with van der Waals surface area (Å²) < 4.78 is 34.4. The largest absolute Gasteiger partial charge is 0.756 e. The zero-order valence-electron chi connectivity index (χ0n) is 60.7. The number of nitrogens with zero attached hydrogens (tertiary/aromatic N) is 1. The van der Waals surface area contributed by atoms with Gasteiger partial charge in [0, 0.05) is 12.8 Å². The van der Waals surface area contributed by atoms with Crippen molar-refractivity contribution >= 4 is 19.8 Å². The van der Waals surface area contributed by atoms with Crippen LogP contribution in [0.2, 0.25) is 0 Å². The minimum atomic E-state index is -4.64. The molecular weight excluding hydrogens is 1120 g/mol. The summed E-state index contributed by atoms with van der Waals surface area (Å²) in [5.74, 6) is -0.802. The van der Waals surface area contributed by atoms with Crippen LogP contribution in [0, 0.1) is 0 Å². The quantitative estimate of drug-likeness (QED) is 0.0195. The highest BCUT2D eigenvalue weighted by Gasteiger charge is 2.22.